The van der Waals surface area contributed by atoms with Gasteiger partial charge in [0, 0.05) is 24.2 Å². The van der Waals surface area contributed by atoms with Crippen molar-refractivity contribution < 1.29 is 13.9 Å². The van der Waals surface area contributed by atoms with Crippen LogP contribution in [0.2, 0.25) is 0 Å². The van der Waals surface area contributed by atoms with Crippen LogP contribution in [-0.2, 0) is 6.54 Å². The highest BCUT2D eigenvalue weighted by atomic mass is 19.1. The van der Waals surface area contributed by atoms with Crippen molar-refractivity contribution in [1.29, 1.82) is 0 Å². The minimum atomic E-state index is -0.559. The third-order valence-corrected chi connectivity index (χ3v) is 4.89. The Bertz CT molecular complexity index is 759. The molecule has 2 aromatic rings. The van der Waals surface area contributed by atoms with Crippen molar-refractivity contribution in [3.8, 4) is 0 Å². The molecule has 1 saturated carbocycles. The highest BCUT2D eigenvalue weighted by Crippen LogP contribution is 2.39. The molecule has 2 atom stereocenters. The summed E-state index contributed by atoms with van der Waals surface area (Å²) in [5.74, 6) is 0.789. The number of likely N-dealkylation sites (tertiary alicyclic amines) is 1. The number of aliphatic hydroxyl groups is 1. The SMILES string of the molecule is Cc1nnc(CN2CC(O)CC2c2cc(F)ccc2F)n1C1CC1. The van der Waals surface area contributed by atoms with Gasteiger partial charge in [0.25, 0.3) is 0 Å². The Hall–Kier alpha value is -1.86. The first kappa shape index (κ1) is 15.7. The first-order valence-corrected chi connectivity index (χ1v) is 8.30. The summed E-state index contributed by atoms with van der Waals surface area (Å²) in [4.78, 5) is 1.96. The summed E-state index contributed by atoms with van der Waals surface area (Å²) in [6, 6.07) is 3.57. The quantitative estimate of drug-likeness (QED) is 0.933. The lowest BCUT2D eigenvalue weighted by atomic mass is 10.0. The third-order valence-electron chi connectivity index (χ3n) is 4.89. The molecule has 1 saturated heterocycles. The van der Waals surface area contributed by atoms with Crippen LogP contribution in [0, 0.1) is 18.6 Å². The number of benzene rings is 1. The van der Waals surface area contributed by atoms with Gasteiger partial charge in [0.2, 0.25) is 0 Å². The minimum absolute atomic E-state index is 0.292. The van der Waals surface area contributed by atoms with Crippen molar-refractivity contribution in [2.75, 3.05) is 6.54 Å². The molecular weight excluding hydrogens is 314 g/mol. The van der Waals surface area contributed by atoms with Gasteiger partial charge in [0.15, 0.2) is 0 Å². The zero-order valence-electron chi connectivity index (χ0n) is 13.5. The Balaban J connectivity index is 1.63. The summed E-state index contributed by atoms with van der Waals surface area (Å²) >= 11 is 0. The van der Waals surface area contributed by atoms with Crippen LogP contribution in [-0.4, -0.2) is 37.4 Å². The minimum Gasteiger partial charge on any atom is -0.392 e. The predicted molar refractivity (Wildman–Crippen MR) is 83.2 cm³/mol. The van der Waals surface area contributed by atoms with Crippen LogP contribution in [0.15, 0.2) is 18.2 Å². The molecule has 4 rings (SSSR count). The van der Waals surface area contributed by atoms with Gasteiger partial charge in [0.1, 0.15) is 23.3 Å². The van der Waals surface area contributed by atoms with Gasteiger partial charge in [-0.05, 0) is 44.4 Å². The molecule has 128 valence electrons. The summed E-state index contributed by atoms with van der Waals surface area (Å²) in [6.45, 7) is 2.81. The molecule has 0 bridgehead atoms. The molecule has 7 heteroatoms. The van der Waals surface area contributed by atoms with E-state index in [0.717, 1.165) is 36.6 Å². The van der Waals surface area contributed by atoms with Crippen molar-refractivity contribution >= 4 is 0 Å². The third kappa shape index (κ3) is 2.82. The molecule has 0 spiro atoms. The van der Waals surface area contributed by atoms with Crippen LogP contribution in [0.1, 0.15) is 48.6 Å². The number of aryl methyl sites for hydroxylation is 1. The van der Waals surface area contributed by atoms with E-state index >= 15 is 0 Å². The summed E-state index contributed by atoms with van der Waals surface area (Å²) in [5, 5.41) is 18.5. The predicted octanol–water partition coefficient (Wildman–Crippen LogP) is 2.51. The van der Waals surface area contributed by atoms with Gasteiger partial charge in [-0.1, -0.05) is 0 Å². The van der Waals surface area contributed by atoms with E-state index in [4.69, 9.17) is 0 Å². The van der Waals surface area contributed by atoms with Crippen molar-refractivity contribution in [2.45, 2.75) is 50.9 Å². The molecule has 1 aromatic carbocycles. The van der Waals surface area contributed by atoms with Gasteiger partial charge in [-0.25, -0.2) is 8.78 Å². The van der Waals surface area contributed by atoms with E-state index in [-0.39, 0.29) is 6.04 Å². The fraction of sp³-hybridized carbons (Fsp3) is 0.529. The highest BCUT2D eigenvalue weighted by molar-refractivity contribution is 5.24. The summed E-state index contributed by atoms with van der Waals surface area (Å²) < 4.78 is 29.9. The molecule has 2 heterocycles. The molecule has 0 amide bonds. The Morgan fingerprint density at radius 1 is 1.25 bits per heavy atom. The van der Waals surface area contributed by atoms with E-state index in [9.17, 15) is 13.9 Å². The maximum absolute atomic E-state index is 14.2. The van der Waals surface area contributed by atoms with E-state index in [0.29, 0.717) is 31.1 Å². The lowest BCUT2D eigenvalue weighted by Crippen LogP contribution is -2.26. The topological polar surface area (TPSA) is 54.2 Å². The molecule has 0 radical (unpaired) electrons. The fourth-order valence-electron chi connectivity index (χ4n) is 3.66. The number of aromatic nitrogens is 3. The number of hydrogen-bond donors (Lipinski definition) is 1. The van der Waals surface area contributed by atoms with E-state index in [1.165, 1.54) is 6.07 Å². The highest BCUT2D eigenvalue weighted by Gasteiger charge is 2.36. The molecule has 2 aliphatic rings. The number of halogens is 2. The number of hydrogen-bond acceptors (Lipinski definition) is 4. The number of nitrogens with zero attached hydrogens (tertiary/aromatic N) is 4. The van der Waals surface area contributed by atoms with E-state index in [1.54, 1.807) is 0 Å². The molecule has 1 aliphatic heterocycles. The Kier molecular flexibility index (Phi) is 3.85. The zero-order valence-corrected chi connectivity index (χ0v) is 13.5. The van der Waals surface area contributed by atoms with Crippen LogP contribution in [0.25, 0.3) is 0 Å². The Morgan fingerprint density at radius 3 is 2.79 bits per heavy atom. The van der Waals surface area contributed by atoms with Gasteiger partial charge in [-0.15, -0.1) is 10.2 Å². The van der Waals surface area contributed by atoms with Gasteiger partial charge in [-0.3, -0.25) is 4.90 Å². The van der Waals surface area contributed by atoms with Gasteiger partial charge >= 0.3 is 0 Å². The van der Waals surface area contributed by atoms with Crippen LogP contribution in [0.4, 0.5) is 8.78 Å². The maximum Gasteiger partial charge on any atom is 0.147 e. The number of β-amino-alcohol motifs (C(OH)–C–C–N with tert-alkyl or cyclic N) is 1. The molecule has 2 fully saturated rings. The fourth-order valence-corrected chi connectivity index (χ4v) is 3.66. The monoisotopic (exact) mass is 334 g/mol. The lowest BCUT2D eigenvalue weighted by Gasteiger charge is -2.24. The average molecular weight is 334 g/mol. The maximum atomic E-state index is 14.2. The molecule has 1 aromatic heterocycles. The van der Waals surface area contributed by atoms with Crippen LogP contribution >= 0.6 is 0 Å². The number of aliphatic hydroxyl groups excluding tert-OH is 1. The van der Waals surface area contributed by atoms with Gasteiger partial charge in [0.05, 0.1) is 12.6 Å². The van der Waals surface area contributed by atoms with Crippen molar-refractivity contribution in [3.05, 3.63) is 47.0 Å². The number of rotatable bonds is 4. The second kappa shape index (κ2) is 5.89. The second-order valence-electron chi connectivity index (χ2n) is 6.77. The van der Waals surface area contributed by atoms with E-state index in [2.05, 4.69) is 14.8 Å². The summed E-state index contributed by atoms with van der Waals surface area (Å²) in [7, 11) is 0. The van der Waals surface area contributed by atoms with Crippen LogP contribution in [0.3, 0.4) is 0 Å². The van der Waals surface area contributed by atoms with Crippen molar-refractivity contribution in [3.63, 3.8) is 0 Å². The van der Waals surface area contributed by atoms with E-state index in [1.807, 2.05) is 11.8 Å². The standard InChI is InChI=1S/C17H20F2N4O/c1-10-20-21-17(23(10)12-3-4-12)9-22-8-13(24)7-16(22)14-6-11(18)2-5-15(14)19/h2,5-6,12-13,16,24H,3-4,7-9H2,1H3. The lowest BCUT2D eigenvalue weighted by molar-refractivity contribution is 0.170. The summed E-state index contributed by atoms with van der Waals surface area (Å²) in [5.41, 5.74) is 0.292. The normalized spacial score (nSPS) is 24.7. The largest absolute Gasteiger partial charge is 0.392 e. The molecule has 2 unspecified atom stereocenters. The van der Waals surface area contributed by atoms with Crippen molar-refractivity contribution in [2.24, 2.45) is 0 Å². The zero-order chi connectivity index (χ0) is 16.8. The second-order valence-corrected chi connectivity index (χ2v) is 6.77. The summed E-state index contributed by atoms with van der Waals surface area (Å²) in [6.07, 6.45) is 2.07. The van der Waals surface area contributed by atoms with Gasteiger partial charge in [-0.2, -0.15) is 0 Å². The molecule has 1 aliphatic carbocycles. The molecule has 24 heavy (non-hydrogen) atoms. The molecule has 5 nitrogen and oxygen atoms in total. The Morgan fingerprint density at radius 2 is 2.04 bits per heavy atom. The average Bonchev–Trinajstić information content (AvgIpc) is 3.22. The first-order valence-electron chi connectivity index (χ1n) is 8.30. The van der Waals surface area contributed by atoms with E-state index < -0.39 is 17.7 Å². The van der Waals surface area contributed by atoms with Crippen LogP contribution in [0.5, 0.6) is 0 Å². The van der Waals surface area contributed by atoms with Crippen molar-refractivity contribution in [1.82, 2.24) is 19.7 Å². The van der Waals surface area contributed by atoms with Crippen LogP contribution < -0.4 is 0 Å². The Labute approximate surface area is 138 Å². The van der Waals surface area contributed by atoms with Gasteiger partial charge < -0.3 is 9.67 Å². The first-order chi connectivity index (χ1) is 11.5. The molecule has 1 N–H and O–H groups in total. The smallest absolute Gasteiger partial charge is 0.147 e. The molecular formula is C17H20F2N4O.